The van der Waals surface area contributed by atoms with Gasteiger partial charge in [-0.15, -0.1) is 0 Å². The zero-order valence-electron chi connectivity index (χ0n) is 13.8. The van der Waals surface area contributed by atoms with Crippen LogP contribution in [0.5, 0.6) is 0 Å². The molecule has 1 saturated heterocycles. The Morgan fingerprint density at radius 1 is 1.20 bits per heavy atom. The Morgan fingerprint density at radius 2 is 1.90 bits per heavy atom. The summed E-state index contributed by atoms with van der Waals surface area (Å²) in [6, 6.07) is 1.34. The van der Waals surface area contributed by atoms with Gasteiger partial charge in [-0.3, -0.25) is 4.90 Å². The van der Waals surface area contributed by atoms with Gasteiger partial charge in [-0.2, -0.15) is 0 Å². The third kappa shape index (κ3) is 4.19. The molecule has 2 N–H and O–H groups in total. The van der Waals surface area contributed by atoms with Gasteiger partial charge in [-0.05, 0) is 50.0 Å². The van der Waals surface area contributed by atoms with Crippen molar-refractivity contribution in [1.29, 1.82) is 0 Å². The van der Waals surface area contributed by atoms with Gasteiger partial charge < -0.3 is 10.4 Å². The zero-order chi connectivity index (χ0) is 14.7. The highest BCUT2D eigenvalue weighted by Gasteiger charge is 2.37. The van der Waals surface area contributed by atoms with Gasteiger partial charge in [0.05, 0.1) is 6.10 Å². The lowest BCUT2D eigenvalue weighted by atomic mass is 9.78. The third-order valence-corrected chi connectivity index (χ3v) is 5.15. The minimum atomic E-state index is -0.126. The second-order valence-electron chi connectivity index (χ2n) is 7.65. The molecule has 1 aliphatic carbocycles. The van der Waals surface area contributed by atoms with E-state index in [9.17, 15) is 5.11 Å². The molecule has 3 heteroatoms. The number of hydrogen-bond acceptors (Lipinski definition) is 3. The smallest absolute Gasteiger partial charge is 0.0578 e. The Morgan fingerprint density at radius 3 is 2.45 bits per heavy atom. The second-order valence-corrected chi connectivity index (χ2v) is 7.65. The van der Waals surface area contributed by atoms with Crippen molar-refractivity contribution in [3.8, 4) is 0 Å². The number of likely N-dealkylation sites (tertiary alicyclic amines) is 1. The van der Waals surface area contributed by atoms with E-state index >= 15 is 0 Å². The van der Waals surface area contributed by atoms with Gasteiger partial charge in [0, 0.05) is 25.2 Å². The van der Waals surface area contributed by atoms with Crippen molar-refractivity contribution in [1.82, 2.24) is 10.2 Å². The maximum atomic E-state index is 10.3. The molecule has 0 radical (unpaired) electrons. The lowest BCUT2D eigenvalue weighted by molar-refractivity contribution is -0.00953. The first-order valence-corrected chi connectivity index (χ1v) is 8.65. The number of aliphatic hydroxyl groups is 1. The Balaban J connectivity index is 1.91. The molecule has 0 spiro atoms. The van der Waals surface area contributed by atoms with Crippen LogP contribution in [0.15, 0.2) is 0 Å². The molecular weight excluding hydrogens is 248 g/mol. The fourth-order valence-corrected chi connectivity index (χ4v) is 3.79. The van der Waals surface area contributed by atoms with Gasteiger partial charge >= 0.3 is 0 Å². The predicted octanol–water partition coefficient (Wildman–Crippen LogP) is 2.49. The fraction of sp³-hybridized carbons (Fsp3) is 1.00. The molecule has 2 aliphatic rings. The molecule has 2 fully saturated rings. The summed E-state index contributed by atoms with van der Waals surface area (Å²) >= 11 is 0. The molecule has 3 atom stereocenters. The van der Waals surface area contributed by atoms with E-state index in [1.54, 1.807) is 0 Å². The SMILES string of the molecule is CCC(O)C1CC(NCC(C)C)CN(C2CC(C)C2)C1. The molecule has 118 valence electrons. The van der Waals surface area contributed by atoms with Crippen molar-refractivity contribution in [3.05, 3.63) is 0 Å². The minimum Gasteiger partial charge on any atom is -0.393 e. The van der Waals surface area contributed by atoms with Gasteiger partial charge in [-0.25, -0.2) is 0 Å². The number of piperidine rings is 1. The average Bonchev–Trinajstić information content (AvgIpc) is 2.40. The van der Waals surface area contributed by atoms with Gasteiger partial charge in [-0.1, -0.05) is 27.7 Å². The van der Waals surface area contributed by atoms with E-state index in [0.29, 0.717) is 17.9 Å². The lowest BCUT2D eigenvalue weighted by Crippen LogP contribution is -2.57. The van der Waals surface area contributed by atoms with Gasteiger partial charge in [0.25, 0.3) is 0 Å². The number of aliphatic hydroxyl groups excluding tert-OH is 1. The van der Waals surface area contributed by atoms with Crippen molar-refractivity contribution in [2.75, 3.05) is 19.6 Å². The number of rotatable bonds is 6. The van der Waals surface area contributed by atoms with Crippen LogP contribution in [0.25, 0.3) is 0 Å². The van der Waals surface area contributed by atoms with Crippen molar-refractivity contribution in [3.63, 3.8) is 0 Å². The van der Waals surface area contributed by atoms with Crippen molar-refractivity contribution >= 4 is 0 Å². The first-order valence-electron chi connectivity index (χ1n) is 8.65. The van der Waals surface area contributed by atoms with E-state index in [-0.39, 0.29) is 6.10 Å². The highest BCUT2D eigenvalue weighted by atomic mass is 16.3. The predicted molar refractivity (Wildman–Crippen MR) is 84.8 cm³/mol. The topological polar surface area (TPSA) is 35.5 Å². The van der Waals surface area contributed by atoms with E-state index in [2.05, 4.69) is 37.9 Å². The molecule has 0 bridgehead atoms. The molecule has 0 aromatic heterocycles. The zero-order valence-corrected chi connectivity index (χ0v) is 13.8. The van der Waals surface area contributed by atoms with Crippen LogP contribution in [0.3, 0.4) is 0 Å². The molecule has 1 heterocycles. The first kappa shape index (κ1) is 16.3. The van der Waals surface area contributed by atoms with Crippen LogP contribution in [0.2, 0.25) is 0 Å². The van der Waals surface area contributed by atoms with E-state index in [4.69, 9.17) is 0 Å². The molecule has 3 unspecified atom stereocenters. The van der Waals surface area contributed by atoms with Gasteiger partial charge in [0.15, 0.2) is 0 Å². The molecule has 20 heavy (non-hydrogen) atoms. The van der Waals surface area contributed by atoms with E-state index < -0.39 is 0 Å². The van der Waals surface area contributed by atoms with Crippen molar-refractivity contribution in [2.45, 2.75) is 71.6 Å². The molecule has 2 rings (SSSR count). The number of nitrogens with zero attached hydrogens (tertiary/aromatic N) is 1. The molecule has 1 saturated carbocycles. The summed E-state index contributed by atoms with van der Waals surface area (Å²) in [5.74, 6) is 2.05. The Bertz CT molecular complexity index is 289. The summed E-state index contributed by atoms with van der Waals surface area (Å²) in [7, 11) is 0. The Labute approximate surface area is 125 Å². The molecule has 1 aliphatic heterocycles. The quantitative estimate of drug-likeness (QED) is 0.786. The van der Waals surface area contributed by atoms with Crippen LogP contribution in [0.4, 0.5) is 0 Å². The van der Waals surface area contributed by atoms with Crippen LogP contribution in [0, 0.1) is 17.8 Å². The number of nitrogens with one attached hydrogen (secondary N) is 1. The minimum absolute atomic E-state index is 0.126. The number of hydrogen-bond donors (Lipinski definition) is 2. The van der Waals surface area contributed by atoms with Crippen LogP contribution in [-0.4, -0.2) is 47.8 Å². The van der Waals surface area contributed by atoms with E-state index in [0.717, 1.165) is 37.9 Å². The largest absolute Gasteiger partial charge is 0.393 e. The summed E-state index contributed by atoms with van der Waals surface area (Å²) < 4.78 is 0. The molecule has 3 nitrogen and oxygen atoms in total. The Kier molecular flexibility index (Phi) is 5.88. The summed E-state index contributed by atoms with van der Waals surface area (Å²) in [4.78, 5) is 2.66. The first-order chi connectivity index (χ1) is 9.49. The van der Waals surface area contributed by atoms with Crippen molar-refractivity contribution in [2.24, 2.45) is 17.8 Å². The second kappa shape index (κ2) is 7.24. The summed E-state index contributed by atoms with van der Waals surface area (Å²) in [5.41, 5.74) is 0. The highest BCUT2D eigenvalue weighted by molar-refractivity contribution is 4.93. The van der Waals surface area contributed by atoms with E-state index in [1.165, 1.54) is 19.4 Å². The molecule has 0 aromatic carbocycles. The van der Waals surface area contributed by atoms with E-state index in [1.807, 2.05) is 0 Å². The van der Waals surface area contributed by atoms with Crippen molar-refractivity contribution < 1.29 is 5.11 Å². The fourth-order valence-electron chi connectivity index (χ4n) is 3.79. The maximum Gasteiger partial charge on any atom is 0.0578 e. The summed E-state index contributed by atoms with van der Waals surface area (Å²) in [6.07, 6.45) is 4.60. The molecule has 0 aromatic rings. The van der Waals surface area contributed by atoms with Crippen LogP contribution in [-0.2, 0) is 0 Å². The third-order valence-electron chi connectivity index (χ3n) is 5.15. The average molecular weight is 282 g/mol. The molecular formula is C17H34N2O. The molecule has 0 amide bonds. The monoisotopic (exact) mass is 282 g/mol. The summed E-state index contributed by atoms with van der Waals surface area (Å²) in [5, 5.41) is 14.0. The Hall–Kier alpha value is -0.120. The maximum absolute atomic E-state index is 10.3. The van der Waals surface area contributed by atoms with Crippen LogP contribution in [0.1, 0.15) is 53.4 Å². The highest BCUT2D eigenvalue weighted by Crippen LogP contribution is 2.34. The lowest BCUT2D eigenvalue weighted by Gasteiger charge is -2.48. The van der Waals surface area contributed by atoms with Gasteiger partial charge in [0.1, 0.15) is 0 Å². The van der Waals surface area contributed by atoms with Crippen LogP contribution >= 0.6 is 0 Å². The van der Waals surface area contributed by atoms with Gasteiger partial charge in [0.2, 0.25) is 0 Å². The standard InChI is InChI=1S/C17H34N2O/c1-5-17(20)14-8-15(18-9-12(2)3)11-19(10-14)16-6-13(4)7-16/h12-18,20H,5-11H2,1-4H3. The van der Waals surface area contributed by atoms with Crippen LogP contribution < -0.4 is 5.32 Å². The normalized spacial score (nSPS) is 36.9. The summed E-state index contributed by atoms with van der Waals surface area (Å²) in [6.45, 7) is 12.4.